The number of aryl methyl sites for hydroxylation is 1. The van der Waals surface area contributed by atoms with E-state index in [1.165, 1.54) is 15.7 Å². The van der Waals surface area contributed by atoms with E-state index in [1.807, 2.05) is 54.6 Å². The molecule has 0 aliphatic carbocycles. The first-order valence-electron chi connectivity index (χ1n) is 11.9. The molecular weight excluding hydrogens is 464 g/mol. The maximum absolute atomic E-state index is 13.2. The molecule has 1 aromatic heterocycles. The number of fused-ring (bicyclic) bond motifs is 2. The fourth-order valence-electron chi connectivity index (χ4n) is 5.00. The van der Waals surface area contributed by atoms with Gasteiger partial charge in [-0.15, -0.1) is 0 Å². The van der Waals surface area contributed by atoms with Crippen molar-refractivity contribution in [1.29, 1.82) is 0 Å². The Bertz CT molecular complexity index is 1710. The Morgan fingerprint density at radius 3 is 2.33 bits per heavy atom. The van der Waals surface area contributed by atoms with E-state index in [-0.39, 0.29) is 17.7 Å². The molecule has 2 amide bonds. The number of thioether (sulfide) groups is 1. The van der Waals surface area contributed by atoms with Crippen molar-refractivity contribution in [3.05, 3.63) is 118 Å². The van der Waals surface area contributed by atoms with E-state index in [9.17, 15) is 9.59 Å². The van der Waals surface area contributed by atoms with Crippen LogP contribution in [0.4, 0.5) is 4.79 Å². The van der Waals surface area contributed by atoms with Crippen LogP contribution in [-0.2, 0) is 11.3 Å². The normalized spacial score (nSPS) is 15.1. The third kappa shape index (κ3) is 3.82. The summed E-state index contributed by atoms with van der Waals surface area (Å²) in [6.45, 7) is 4.39. The highest BCUT2D eigenvalue weighted by Gasteiger charge is 2.35. The molecule has 36 heavy (non-hydrogen) atoms. The van der Waals surface area contributed by atoms with E-state index in [2.05, 4.69) is 60.9 Å². The Balaban J connectivity index is 1.32. The summed E-state index contributed by atoms with van der Waals surface area (Å²) in [6.07, 6.45) is 1.86. The van der Waals surface area contributed by atoms with Gasteiger partial charge in [0.1, 0.15) is 0 Å². The predicted molar refractivity (Wildman–Crippen MR) is 148 cm³/mol. The van der Waals surface area contributed by atoms with Crippen LogP contribution in [0.2, 0.25) is 0 Å². The Kier molecular flexibility index (Phi) is 5.50. The third-order valence-corrected chi connectivity index (χ3v) is 7.70. The number of hydrogen-bond acceptors (Lipinski definition) is 3. The fraction of sp³-hybridized carbons (Fsp3) is 0.0968. The zero-order valence-corrected chi connectivity index (χ0v) is 20.9. The van der Waals surface area contributed by atoms with E-state index in [4.69, 9.17) is 0 Å². The summed E-state index contributed by atoms with van der Waals surface area (Å²) < 4.78 is 2.22. The van der Waals surface area contributed by atoms with Gasteiger partial charge in [-0.3, -0.25) is 14.5 Å². The molecule has 0 atom stereocenters. The number of nitrogens with zero attached hydrogens (tertiary/aromatic N) is 2. The topological polar surface area (TPSA) is 42.3 Å². The van der Waals surface area contributed by atoms with Crippen molar-refractivity contribution >= 4 is 50.5 Å². The predicted octanol–water partition coefficient (Wildman–Crippen LogP) is 7.64. The monoisotopic (exact) mass is 488 g/mol. The number of imide groups is 1. The van der Waals surface area contributed by atoms with E-state index < -0.39 is 0 Å². The molecule has 4 aromatic carbocycles. The molecule has 0 spiro atoms. The quantitative estimate of drug-likeness (QED) is 0.244. The summed E-state index contributed by atoms with van der Waals surface area (Å²) >= 11 is 1.01. The van der Waals surface area contributed by atoms with Gasteiger partial charge in [-0.25, -0.2) is 0 Å². The summed E-state index contributed by atoms with van der Waals surface area (Å²) in [5.74, 6) is -0.242. The van der Waals surface area contributed by atoms with E-state index in [0.29, 0.717) is 4.91 Å². The second-order valence-corrected chi connectivity index (χ2v) is 10.1. The third-order valence-electron chi connectivity index (χ3n) is 6.79. The molecule has 1 fully saturated rings. The second-order valence-electron chi connectivity index (χ2n) is 9.11. The lowest BCUT2D eigenvalue weighted by Crippen LogP contribution is -2.27. The number of carbonyl (C=O) groups is 2. The minimum absolute atomic E-state index is 0.234. The summed E-state index contributed by atoms with van der Waals surface area (Å²) in [7, 11) is 0. The van der Waals surface area contributed by atoms with Gasteiger partial charge in [0.2, 0.25) is 0 Å². The van der Waals surface area contributed by atoms with Crippen LogP contribution in [0.5, 0.6) is 0 Å². The molecular formula is C31H24N2O2S. The van der Waals surface area contributed by atoms with Gasteiger partial charge in [0.25, 0.3) is 11.1 Å². The van der Waals surface area contributed by atoms with Gasteiger partial charge in [0.15, 0.2) is 0 Å². The van der Waals surface area contributed by atoms with Crippen molar-refractivity contribution < 1.29 is 9.59 Å². The number of hydrogen-bond donors (Lipinski definition) is 0. The summed E-state index contributed by atoms with van der Waals surface area (Å²) in [5, 5.41) is 4.35. The molecule has 6 rings (SSSR count). The van der Waals surface area contributed by atoms with Crippen LogP contribution >= 0.6 is 11.8 Å². The van der Waals surface area contributed by atoms with Crippen molar-refractivity contribution in [2.75, 3.05) is 0 Å². The van der Waals surface area contributed by atoms with Gasteiger partial charge >= 0.3 is 0 Å². The molecule has 2 heterocycles. The lowest BCUT2D eigenvalue weighted by Gasteiger charge is -2.13. The lowest BCUT2D eigenvalue weighted by atomic mass is 10.1. The van der Waals surface area contributed by atoms with Gasteiger partial charge in [-0.2, -0.15) is 0 Å². The van der Waals surface area contributed by atoms with Gasteiger partial charge in [-0.05, 0) is 77.2 Å². The van der Waals surface area contributed by atoms with Gasteiger partial charge in [0, 0.05) is 16.8 Å². The van der Waals surface area contributed by atoms with Crippen molar-refractivity contribution in [1.82, 2.24) is 9.47 Å². The molecule has 0 unspecified atom stereocenters. The van der Waals surface area contributed by atoms with Crippen LogP contribution < -0.4 is 0 Å². The zero-order valence-electron chi connectivity index (χ0n) is 20.1. The van der Waals surface area contributed by atoms with E-state index in [1.54, 1.807) is 0 Å². The number of carbonyl (C=O) groups excluding carboxylic acids is 2. The van der Waals surface area contributed by atoms with Crippen molar-refractivity contribution in [3.63, 3.8) is 0 Å². The average Bonchev–Trinajstić information content (AvgIpc) is 3.32. The molecule has 176 valence electrons. The molecule has 4 nitrogen and oxygen atoms in total. The van der Waals surface area contributed by atoms with Crippen LogP contribution in [-0.4, -0.2) is 20.6 Å². The Morgan fingerprint density at radius 1 is 0.778 bits per heavy atom. The molecule has 5 heteroatoms. The lowest BCUT2D eigenvalue weighted by molar-refractivity contribution is -0.123. The van der Waals surface area contributed by atoms with Crippen LogP contribution in [0.3, 0.4) is 0 Å². The maximum Gasteiger partial charge on any atom is 0.293 e. The van der Waals surface area contributed by atoms with Crippen LogP contribution in [0.15, 0.2) is 95.9 Å². The average molecular weight is 489 g/mol. The van der Waals surface area contributed by atoms with Crippen molar-refractivity contribution in [2.24, 2.45) is 0 Å². The maximum atomic E-state index is 13.2. The molecule has 0 bridgehead atoms. The highest BCUT2D eigenvalue weighted by molar-refractivity contribution is 8.18. The van der Waals surface area contributed by atoms with Crippen molar-refractivity contribution in [3.8, 4) is 5.69 Å². The van der Waals surface area contributed by atoms with Crippen LogP contribution in [0.25, 0.3) is 33.3 Å². The van der Waals surface area contributed by atoms with E-state index >= 15 is 0 Å². The molecule has 0 radical (unpaired) electrons. The van der Waals surface area contributed by atoms with Crippen LogP contribution in [0, 0.1) is 13.8 Å². The van der Waals surface area contributed by atoms with Crippen molar-refractivity contribution in [2.45, 2.75) is 20.4 Å². The Labute approximate surface area is 213 Å². The summed E-state index contributed by atoms with van der Waals surface area (Å²) in [4.78, 5) is 27.8. The first-order valence-corrected chi connectivity index (χ1v) is 12.7. The minimum Gasteiger partial charge on any atom is -0.317 e. The highest BCUT2D eigenvalue weighted by Crippen LogP contribution is 2.35. The SMILES string of the molecule is Cc1cc(/C=C2\SC(=O)N(Cc3ccc4ccccc4c3)C2=O)c(C)n1-c1cccc2ccccc12. The van der Waals surface area contributed by atoms with Gasteiger partial charge in [-0.1, -0.05) is 72.8 Å². The van der Waals surface area contributed by atoms with Crippen LogP contribution in [0.1, 0.15) is 22.5 Å². The Morgan fingerprint density at radius 2 is 1.50 bits per heavy atom. The van der Waals surface area contributed by atoms with Gasteiger partial charge < -0.3 is 4.57 Å². The molecule has 1 aliphatic heterocycles. The van der Waals surface area contributed by atoms with Gasteiger partial charge in [0.05, 0.1) is 17.1 Å². The summed E-state index contributed by atoms with van der Waals surface area (Å²) in [6, 6.07) is 30.8. The smallest absolute Gasteiger partial charge is 0.293 e. The number of amides is 2. The molecule has 0 N–H and O–H groups in total. The standard InChI is InChI=1S/C31H24N2O2S/c1-20-16-26(21(2)33(20)28-13-7-11-24-9-5-6-12-27(24)28)18-29-30(34)32(31(35)36-29)19-22-14-15-23-8-3-4-10-25(23)17-22/h3-18H,19H2,1-2H3/b29-18-. The first-order chi connectivity index (χ1) is 17.5. The highest BCUT2D eigenvalue weighted by atomic mass is 32.2. The molecule has 5 aromatic rings. The molecule has 0 saturated carbocycles. The molecule has 1 aliphatic rings. The molecule has 1 saturated heterocycles. The summed E-state index contributed by atoms with van der Waals surface area (Å²) in [5.41, 5.74) is 5.09. The minimum atomic E-state index is -0.242. The first kappa shape index (κ1) is 22.4. The second kappa shape index (κ2) is 8.85. The largest absolute Gasteiger partial charge is 0.317 e. The number of rotatable bonds is 4. The zero-order chi connectivity index (χ0) is 24.8. The number of benzene rings is 4. The fourth-order valence-corrected chi connectivity index (χ4v) is 5.83. The number of aromatic nitrogens is 1. The Hall–Kier alpha value is -4.09. The van der Waals surface area contributed by atoms with E-state index in [0.717, 1.165) is 50.7 Å².